The van der Waals surface area contributed by atoms with E-state index >= 15 is 0 Å². The van der Waals surface area contributed by atoms with E-state index in [9.17, 15) is 0 Å². The number of hydrogen-bond acceptors (Lipinski definition) is 4. The first-order valence-electron chi connectivity index (χ1n) is 4.06. The van der Waals surface area contributed by atoms with Crippen molar-refractivity contribution in [1.82, 2.24) is 0 Å². The van der Waals surface area contributed by atoms with Gasteiger partial charge < -0.3 is 19.9 Å². The minimum absolute atomic E-state index is 0.231. The van der Waals surface area contributed by atoms with Crippen LogP contribution in [-0.2, 0) is 0 Å². The average molecular weight is 211 g/mol. The van der Waals surface area contributed by atoms with Gasteiger partial charge in [0.05, 0.1) is 0 Å². The van der Waals surface area contributed by atoms with E-state index in [4.69, 9.17) is 32.2 Å². The highest BCUT2D eigenvalue weighted by Crippen LogP contribution is 2.34. The Bertz CT molecular complexity index is 367. The predicted molar refractivity (Wildman–Crippen MR) is 54.8 cm³/mol. The van der Waals surface area contributed by atoms with Crippen molar-refractivity contribution in [3.8, 4) is 17.2 Å². The van der Waals surface area contributed by atoms with E-state index < -0.39 is 0 Å². The molecule has 2 rings (SSSR count). The second kappa shape index (κ2) is 3.71. The molecule has 0 unspecified atom stereocenters. The first-order valence-corrected chi connectivity index (χ1v) is 4.47. The molecule has 1 aromatic rings. The third-order valence-electron chi connectivity index (χ3n) is 1.73. The SMILES string of the molecule is NC(=S)COc1ccc2c(c1)OCO2. The number of thiocarbonyl (C=S) groups is 1. The Labute approximate surface area is 86.6 Å². The third-order valence-corrected chi connectivity index (χ3v) is 1.84. The van der Waals surface area contributed by atoms with Crippen molar-refractivity contribution in [3.63, 3.8) is 0 Å². The molecule has 74 valence electrons. The molecule has 0 atom stereocenters. The standard InChI is InChI=1S/C9H9NO3S/c10-9(14)4-11-6-1-2-7-8(3-6)13-5-12-7/h1-3H,4-5H2,(H2,10,14). The summed E-state index contributed by atoms with van der Waals surface area (Å²) in [6, 6.07) is 5.32. The molecule has 0 amide bonds. The van der Waals surface area contributed by atoms with Gasteiger partial charge in [-0.2, -0.15) is 0 Å². The van der Waals surface area contributed by atoms with Crippen LogP contribution in [-0.4, -0.2) is 18.4 Å². The molecule has 1 heterocycles. The molecule has 1 aliphatic rings. The van der Waals surface area contributed by atoms with Crippen molar-refractivity contribution in [2.24, 2.45) is 5.73 Å². The fourth-order valence-electron chi connectivity index (χ4n) is 1.12. The fraction of sp³-hybridized carbons (Fsp3) is 0.222. The van der Waals surface area contributed by atoms with Crippen molar-refractivity contribution in [1.29, 1.82) is 0 Å². The second-order valence-corrected chi connectivity index (χ2v) is 3.29. The second-order valence-electron chi connectivity index (χ2n) is 2.77. The summed E-state index contributed by atoms with van der Waals surface area (Å²) in [7, 11) is 0. The molecule has 1 aliphatic heterocycles. The Morgan fingerprint density at radius 1 is 1.43 bits per heavy atom. The number of rotatable bonds is 3. The van der Waals surface area contributed by atoms with Crippen LogP contribution in [0.15, 0.2) is 18.2 Å². The summed E-state index contributed by atoms with van der Waals surface area (Å²) in [5.74, 6) is 2.08. The highest BCUT2D eigenvalue weighted by Gasteiger charge is 2.13. The number of ether oxygens (including phenoxy) is 3. The van der Waals surface area contributed by atoms with Crippen LogP contribution in [0.3, 0.4) is 0 Å². The maximum atomic E-state index is 5.30. The Morgan fingerprint density at radius 2 is 2.21 bits per heavy atom. The van der Waals surface area contributed by atoms with Crippen molar-refractivity contribution in [2.45, 2.75) is 0 Å². The summed E-state index contributed by atoms with van der Waals surface area (Å²) in [6.07, 6.45) is 0. The minimum Gasteiger partial charge on any atom is -0.486 e. The van der Waals surface area contributed by atoms with Gasteiger partial charge in [-0.1, -0.05) is 12.2 Å². The lowest BCUT2D eigenvalue weighted by Gasteiger charge is -2.04. The first-order chi connectivity index (χ1) is 6.75. The number of hydrogen-bond donors (Lipinski definition) is 1. The molecule has 0 aromatic heterocycles. The van der Waals surface area contributed by atoms with Gasteiger partial charge >= 0.3 is 0 Å². The monoisotopic (exact) mass is 211 g/mol. The van der Waals surface area contributed by atoms with Crippen LogP contribution in [0.2, 0.25) is 0 Å². The van der Waals surface area contributed by atoms with Crippen LogP contribution < -0.4 is 19.9 Å². The maximum Gasteiger partial charge on any atom is 0.231 e. The molecule has 0 spiro atoms. The van der Waals surface area contributed by atoms with Gasteiger partial charge in [0.15, 0.2) is 11.5 Å². The molecule has 1 aromatic carbocycles. The largest absolute Gasteiger partial charge is 0.486 e. The molecule has 0 saturated heterocycles. The van der Waals surface area contributed by atoms with Crippen LogP contribution in [0.5, 0.6) is 17.2 Å². The molecule has 4 nitrogen and oxygen atoms in total. The highest BCUT2D eigenvalue weighted by molar-refractivity contribution is 7.80. The van der Waals surface area contributed by atoms with Gasteiger partial charge in [0.1, 0.15) is 17.3 Å². The first kappa shape index (κ1) is 9.08. The zero-order valence-electron chi connectivity index (χ0n) is 7.36. The Morgan fingerprint density at radius 3 is 3.00 bits per heavy atom. The molecule has 0 bridgehead atoms. The Kier molecular flexibility index (Phi) is 2.41. The highest BCUT2D eigenvalue weighted by atomic mass is 32.1. The summed E-state index contributed by atoms with van der Waals surface area (Å²) >= 11 is 4.69. The smallest absolute Gasteiger partial charge is 0.231 e. The van der Waals surface area contributed by atoms with Crippen molar-refractivity contribution in [3.05, 3.63) is 18.2 Å². The van der Waals surface area contributed by atoms with E-state index in [2.05, 4.69) is 0 Å². The van der Waals surface area contributed by atoms with E-state index in [1.165, 1.54) is 0 Å². The molecule has 0 radical (unpaired) electrons. The lowest BCUT2D eigenvalue weighted by Crippen LogP contribution is -2.17. The van der Waals surface area contributed by atoms with Gasteiger partial charge in [-0.15, -0.1) is 0 Å². The van der Waals surface area contributed by atoms with Gasteiger partial charge in [0.25, 0.3) is 0 Å². The Hall–Kier alpha value is -1.49. The van der Waals surface area contributed by atoms with Gasteiger partial charge in [0, 0.05) is 6.07 Å². The van der Waals surface area contributed by atoms with E-state index in [1.54, 1.807) is 18.2 Å². The van der Waals surface area contributed by atoms with Crippen LogP contribution in [0.25, 0.3) is 0 Å². The zero-order chi connectivity index (χ0) is 9.97. The molecule has 0 fully saturated rings. The fourth-order valence-corrected chi connectivity index (χ4v) is 1.18. The molecule has 5 heteroatoms. The summed E-state index contributed by atoms with van der Waals surface area (Å²) in [4.78, 5) is 0.322. The van der Waals surface area contributed by atoms with Gasteiger partial charge in [0.2, 0.25) is 6.79 Å². The summed E-state index contributed by atoms with van der Waals surface area (Å²) < 4.78 is 15.6. The molecular formula is C9H9NO3S. The van der Waals surface area contributed by atoms with Crippen LogP contribution >= 0.6 is 12.2 Å². The minimum atomic E-state index is 0.231. The summed E-state index contributed by atoms with van der Waals surface area (Å²) in [5, 5.41) is 0. The summed E-state index contributed by atoms with van der Waals surface area (Å²) in [5.41, 5.74) is 5.30. The summed E-state index contributed by atoms with van der Waals surface area (Å²) in [6.45, 7) is 0.489. The normalized spacial score (nSPS) is 12.6. The third kappa shape index (κ3) is 1.88. The van der Waals surface area contributed by atoms with Crippen molar-refractivity contribution >= 4 is 17.2 Å². The van der Waals surface area contributed by atoms with E-state index in [0.717, 1.165) is 5.75 Å². The van der Waals surface area contributed by atoms with Crippen molar-refractivity contribution < 1.29 is 14.2 Å². The predicted octanol–water partition coefficient (Wildman–Crippen LogP) is 1.08. The number of fused-ring (bicyclic) bond motifs is 1. The molecule has 14 heavy (non-hydrogen) atoms. The Balaban J connectivity index is 2.09. The van der Waals surface area contributed by atoms with E-state index in [1.807, 2.05) is 0 Å². The van der Waals surface area contributed by atoms with Crippen molar-refractivity contribution in [2.75, 3.05) is 13.4 Å². The topological polar surface area (TPSA) is 53.7 Å². The molecule has 0 aliphatic carbocycles. The zero-order valence-corrected chi connectivity index (χ0v) is 8.17. The maximum absolute atomic E-state index is 5.30. The van der Waals surface area contributed by atoms with Crippen LogP contribution in [0, 0.1) is 0 Å². The number of benzene rings is 1. The van der Waals surface area contributed by atoms with Gasteiger partial charge in [-0.3, -0.25) is 0 Å². The van der Waals surface area contributed by atoms with Crippen LogP contribution in [0.1, 0.15) is 0 Å². The van der Waals surface area contributed by atoms with E-state index in [0.29, 0.717) is 16.5 Å². The quantitative estimate of drug-likeness (QED) is 0.758. The van der Waals surface area contributed by atoms with Crippen LogP contribution in [0.4, 0.5) is 0 Å². The lowest BCUT2D eigenvalue weighted by atomic mass is 10.3. The van der Waals surface area contributed by atoms with E-state index in [-0.39, 0.29) is 13.4 Å². The number of nitrogens with two attached hydrogens (primary N) is 1. The van der Waals surface area contributed by atoms with Gasteiger partial charge in [-0.25, -0.2) is 0 Å². The van der Waals surface area contributed by atoms with Gasteiger partial charge in [-0.05, 0) is 12.1 Å². The molecule has 0 saturated carbocycles. The average Bonchev–Trinajstić information content (AvgIpc) is 2.61. The lowest BCUT2D eigenvalue weighted by molar-refractivity contribution is 0.174. The molecule has 2 N–H and O–H groups in total. The molecular weight excluding hydrogens is 202 g/mol.